The van der Waals surface area contributed by atoms with E-state index in [0.29, 0.717) is 0 Å². The van der Waals surface area contributed by atoms with E-state index in [1.165, 1.54) is 0 Å². The minimum absolute atomic E-state index is 0.0513. The fraction of sp³-hybridized carbons (Fsp3) is 0.273. The van der Waals surface area contributed by atoms with Crippen LogP contribution >= 0.6 is 0 Å². The first-order valence-electron chi connectivity index (χ1n) is 4.78. The van der Waals surface area contributed by atoms with E-state index in [4.69, 9.17) is 5.73 Å². The van der Waals surface area contributed by atoms with Crippen LogP contribution in [0.2, 0.25) is 0 Å². The van der Waals surface area contributed by atoms with Crippen molar-refractivity contribution in [1.29, 1.82) is 0 Å². The molecule has 0 aliphatic carbocycles. The third-order valence-corrected chi connectivity index (χ3v) is 2.37. The molecule has 1 atom stereocenters. The zero-order valence-corrected chi connectivity index (χ0v) is 8.14. The number of fused-ring (bicyclic) bond motifs is 1. The fourth-order valence-electron chi connectivity index (χ4n) is 1.53. The van der Waals surface area contributed by atoms with Crippen molar-refractivity contribution >= 4 is 11.0 Å². The SMILES string of the molecule is CC[C@@H](N)c1cccc2nccnc12. The van der Waals surface area contributed by atoms with Gasteiger partial charge in [-0.2, -0.15) is 0 Å². The number of hydrogen-bond donors (Lipinski definition) is 1. The number of aromatic nitrogens is 2. The van der Waals surface area contributed by atoms with E-state index in [2.05, 4.69) is 16.9 Å². The van der Waals surface area contributed by atoms with Crippen LogP contribution in [-0.4, -0.2) is 9.97 Å². The monoisotopic (exact) mass is 187 g/mol. The predicted octanol–water partition coefficient (Wildman–Crippen LogP) is 2.04. The molecule has 0 amide bonds. The number of rotatable bonds is 2. The van der Waals surface area contributed by atoms with Crippen molar-refractivity contribution in [3.05, 3.63) is 36.2 Å². The maximum absolute atomic E-state index is 5.99. The molecule has 0 unspecified atom stereocenters. The highest BCUT2D eigenvalue weighted by atomic mass is 14.8. The molecule has 1 heterocycles. The second kappa shape index (κ2) is 3.72. The van der Waals surface area contributed by atoms with Gasteiger partial charge in [-0.3, -0.25) is 9.97 Å². The Bertz CT molecular complexity index is 434. The van der Waals surface area contributed by atoms with E-state index in [1.54, 1.807) is 12.4 Å². The Hall–Kier alpha value is -1.48. The molecule has 0 saturated carbocycles. The van der Waals surface area contributed by atoms with E-state index in [9.17, 15) is 0 Å². The minimum Gasteiger partial charge on any atom is -0.324 e. The summed E-state index contributed by atoms with van der Waals surface area (Å²) in [5.41, 5.74) is 8.91. The molecule has 0 aliphatic heterocycles. The van der Waals surface area contributed by atoms with Gasteiger partial charge in [0.2, 0.25) is 0 Å². The predicted molar refractivity (Wildman–Crippen MR) is 56.8 cm³/mol. The van der Waals surface area contributed by atoms with Crippen molar-refractivity contribution in [3.63, 3.8) is 0 Å². The second-order valence-corrected chi connectivity index (χ2v) is 3.29. The molecule has 2 rings (SSSR count). The quantitative estimate of drug-likeness (QED) is 0.782. The molecule has 0 spiro atoms. The normalized spacial score (nSPS) is 13.0. The molecule has 0 aliphatic rings. The molecule has 2 N–H and O–H groups in total. The van der Waals surface area contributed by atoms with Crippen LogP contribution in [0.5, 0.6) is 0 Å². The third-order valence-electron chi connectivity index (χ3n) is 2.37. The summed E-state index contributed by atoms with van der Waals surface area (Å²) in [7, 11) is 0. The Balaban J connectivity index is 2.65. The van der Waals surface area contributed by atoms with Gasteiger partial charge in [0.1, 0.15) is 0 Å². The molecular weight excluding hydrogens is 174 g/mol. The van der Waals surface area contributed by atoms with Crippen molar-refractivity contribution in [2.24, 2.45) is 5.73 Å². The molecule has 14 heavy (non-hydrogen) atoms. The Morgan fingerprint density at radius 1 is 1.29 bits per heavy atom. The molecule has 72 valence electrons. The van der Waals surface area contributed by atoms with Gasteiger partial charge in [-0.15, -0.1) is 0 Å². The van der Waals surface area contributed by atoms with Crippen LogP contribution in [0.4, 0.5) is 0 Å². The Labute approximate surface area is 83.0 Å². The largest absolute Gasteiger partial charge is 0.324 e. The fourth-order valence-corrected chi connectivity index (χ4v) is 1.53. The zero-order valence-electron chi connectivity index (χ0n) is 8.14. The van der Waals surface area contributed by atoms with Crippen molar-refractivity contribution in [3.8, 4) is 0 Å². The topological polar surface area (TPSA) is 51.8 Å². The average Bonchev–Trinajstić information content (AvgIpc) is 2.27. The molecular formula is C11H13N3. The lowest BCUT2D eigenvalue weighted by Crippen LogP contribution is -2.09. The Kier molecular flexibility index (Phi) is 2.41. The first kappa shape index (κ1) is 9.09. The van der Waals surface area contributed by atoms with E-state index in [1.807, 2.05) is 18.2 Å². The van der Waals surface area contributed by atoms with Gasteiger partial charge in [-0.05, 0) is 18.1 Å². The lowest BCUT2D eigenvalue weighted by molar-refractivity contribution is 0.702. The summed E-state index contributed by atoms with van der Waals surface area (Å²) in [6, 6.07) is 6.00. The summed E-state index contributed by atoms with van der Waals surface area (Å²) in [4.78, 5) is 8.55. The van der Waals surface area contributed by atoms with Crippen molar-refractivity contribution < 1.29 is 0 Å². The van der Waals surface area contributed by atoms with Gasteiger partial charge in [0.15, 0.2) is 0 Å². The van der Waals surface area contributed by atoms with E-state index in [-0.39, 0.29) is 6.04 Å². The average molecular weight is 187 g/mol. The summed E-state index contributed by atoms with van der Waals surface area (Å²) in [5.74, 6) is 0. The molecule has 0 fully saturated rings. The Morgan fingerprint density at radius 3 is 2.86 bits per heavy atom. The highest BCUT2D eigenvalue weighted by Crippen LogP contribution is 2.20. The standard InChI is InChI=1S/C11H13N3/c1-2-9(12)8-4-3-5-10-11(8)14-7-6-13-10/h3-7,9H,2,12H2,1H3/t9-/m1/s1. The lowest BCUT2D eigenvalue weighted by atomic mass is 10.0. The van der Waals surface area contributed by atoms with E-state index in [0.717, 1.165) is 23.0 Å². The number of benzene rings is 1. The summed E-state index contributed by atoms with van der Waals surface area (Å²) >= 11 is 0. The molecule has 1 aromatic heterocycles. The van der Waals surface area contributed by atoms with Gasteiger partial charge in [0, 0.05) is 18.4 Å². The smallest absolute Gasteiger partial charge is 0.0934 e. The molecule has 0 saturated heterocycles. The molecule has 0 radical (unpaired) electrons. The zero-order chi connectivity index (χ0) is 9.97. The highest BCUT2D eigenvalue weighted by molar-refractivity contribution is 5.77. The molecule has 3 nitrogen and oxygen atoms in total. The molecule has 1 aromatic carbocycles. The van der Waals surface area contributed by atoms with Gasteiger partial charge in [0.05, 0.1) is 11.0 Å². The molecule has 0 bridgehead atoms. The summed E-state index contributed by atoms with van der Waals surface area (Å²) in [5, 5.41) is 0. The van der Waals surface area contributed by atoms with Crippen molar-refractivity contribution in [1.82, 2.24) is 9.97 Å². The van der Waals surface area contributed by atoms with Gasteiger partial charge >= 0.3 is 0 Å². The Morgan fingerprint density at radius 2 is 2.07 bits per heavy atom. The van der Waals surface area contributed by atoms with Crippen LogP contribution in [0.3, 0.4) is 0 Å². The maximum Gasteiger partial charge on any atom is 0.0934 e. The molecule has 3 heteroatoms. The van der Waals surface area contributed by atoms with Gasteiger partial charge < -0.3 is 5.73 Å². The summed E-state index contributed by atoms with van der Waals surface area (Å²) in [6.07, 6.45) is 4.31. The number of para-hydroxylation sites is 1. The van der Waals surface area contributed by atoms with Gasteiger partial charge in [0.25, 0.3) is 0 Å². The highest BCUT2D eigenvalue weighted by Gasteiger charge is 2.08. The number of nitrogens with zero attached hydrogens (tertiary/aromatic N) is 2. The van der Waals surface area contributed by atoms with Crippen molar-refractivity contribution in [2.45, 2.75) is 19.4 Å². The van der Waals surface area contributed by atoms with E-state index >= 15 is 0 Å². The maximum atomic E-state index is 5.99. The van der Waals surface area contributed by atoms with Crippen LogP contribution in [0.15, 0.2) is 30.6 Å². The third kappa shape index (κ3) is 1.46. The first-order chi connectivity index (χ1) is 6.83. The van der Waals surface area contributed by atoms with Crippen LogP contribution in [0.1, 0.15) is 24.9 Å². The van der Waals surface area contributed by atoms with Crippen LogP contribution in [0, 0.1) is 0 Å². The number of nitrogens with two attached hydrogens (primary N) is 1. The van der Waals surface area contributed by atoms with Crippen LogP contribution < -0.4 is 5.73 Å². The van der Waals surface area contributed by atoms with Crippen LogP contribution in [0.25, 0.3) is 11.0 Å². The van der Waals surface area contributed by atoms with Gasteiger partial charge in [-0.25, -0.2) is 0 Å². The summed E-state index contributed by atoms with van der Waals surface area (Å²) < 4.78 is 0. The number of hydrogen-bond acceptors (Lipinski definition) is 3. The van der Waals surface area contributed by atoms with Gasteiger partial charge in [-0.1, -0.05) is 19.1 Å². The minimum atomic E-state index is 0.0513. The van der Waals surface area contributed by atoms with Crippen LogP contribution in [-0.2, 0) is 0 Å². The second-order valence-electron chi connectivity index (χ2n) is 3.29. The van der Waals surface area contributed by atoms with Crippen molar-refractivity contribution in [2.75, 3.05) is 0 Å². The first-order valence-corrected chi connectivity index (χ1v) is 4.78. The summed E-state index contributed by atoms with van der Waals surface area (Å²) in [6.45, 7) is 2.07. The lowest BCUT2D eigenvalue weighted by Gasteiger charge is -2.10. The molecule has 2 aromatic rings. The van der Waals surface area contributed by atoms with E-state index < -0.39 is 0 Å².